The summed E-state index contributed by atoms with van der Waals surface area (Å²) in [5, 5.41) is 23.3. The first-order valence-corrected chi connectivity index (χ1v) is 13.5. The molecule has 0 amide bonds. The van der Waals surface area contributed by atoms with Crippen molar-refractivity contribution < 1.29 is 13.5 Å². The molecule has 0 saturated carbocycles. The second-order valence-electron chi connectivity index (χ2n) is 9.02. The highest BCUT2D eigenvalue weighted by atomic mass is 32.2. The van der Waals surface area contributed by atoms with E-state index >= 15 is 0 Å². The Morgan fingerprint density at radius 3 is 2.42 bits per heavy atom. The second-order valence-corrected chi connectivity index (χ2v) is 10.7. The normalized spacial score (nSPS) is 16.7. The van der Waals surface area contributed by atoms with Gasteiger partial charge in [-0.05, 0) is 55.1 Å². The Balaban J connectivity index is 1.25. The van der Waals surface area contributed by atoms with Crippen LogP contribution in [0.3, 0.4) is 0 Å². The van der Waals surface area contributed by atoms with E-state index in [2.05, 4.69) is 21.1 Å². The lowest BCUT2D eigenvalue weighted by Gasteiger charge is -2.36. The fourth-order valence-electron chi connectivity index (χ4n) is 4.45. The van der Waals surface area contributed by atoms with Crippen molar-refractivity contribution in [1.82, 2.24) is 14.6 Å². The molecule has 36 heavy (non-hydrogen) atoms. The summed E-state index contributed by atoms with van der Waals surface area (Å²) >= 11 is 0. The summed E-state index contributed by atoms with van der Waals surface area (Å²) in [4.78, 5) is 4.02. The van der Waals surface area contributed by atoms with Gasteiger partial charge in [-0.15, -0.1) is 0 Å². The van der Waals surface area contributed by atoms with Crippen LogP contribution in [0.1, 0.15) is 35.6 Å². The van der Waals surface area contributed by atoms with E-state index < -0.39 is 21.7 Å². The number of piperidine rings is 1. The third-order valence-corrected chi connectivity index (χ3v) is 8.19. The molecular formula is C27H31N5O3S. The van der Waals surface area contributed by atoms with Crippen molar-refractivity contribution in [3.63, 3.8) is 0 Å². The number of hydrogen-bond acceptors (Lipinski definition) is 6. The van der Waals surface area contributed by atoms with Gasteiger partial charge in [0.25, 0.3) is 0 Å². The molecule has 3 aromatic rings. The molecule has 0 aliphatic carbocycles. The summed E-state index contributed by atoms with van der Waals surface area (Å²) in [6, 6.07) is 23.0. The van der Waals surface area contributed by atoms with Gasteiger partial charge in [-0.3, -0.25) is 9.71 Å². The molecule has 1 fully saturated rings. The first kappa shape index (κ1) is 25.8. The molecular weight excluding hydrogens is 474 g/mol. The molecule has 0 bridgehead atoms. The Labute approximate surface area is 212 Å². The SMILES string of the molecule is N#CC1(c2ccccc2)CCN(S(=O)(=O)Nc2ccc(CCNC[C@@H](O)c3cccnc3)cc2)CC1. The number of pyridine rings is 1. The Morgan fingerprint density at radius 1 is 1.06 bits per heavy atom. The van der Waals surface area contributed by atoms with Gasteiger partial charge < -0.3 is 10.4 Å². The van der Waals surface area contributed by atoms with Crippen molar-refractivity contribution >= 4 is 15.9 Å². The van der Waals surface area contributed by atoms with E-state index in [4.69, 9.17) is 0 Å². The number of aromatic nitrogens is 1. The average molecular weight is 506 g/mol. The molecule has 3 N–H and O–H groups in total. The minimum absolute atomic E-state index is 0.284. The van der Waals surface area contributed by atoms with Gasteiger partial charge in [0.15, 0.2) is 0 Å². The van der Waals surface area contributed by atoms with Crippen LogP contribution in [-0.2, 0) is 22.0 Å². The van der Waals surface area contributed by atoms with Crippen LogP contribution in [0.15, 0.2) is 79.1 Å². The van der Waals surface area contributed by atoms with Crippen LogP contribution in [0.2, 0.25) is 0 Å². The van der Waals surface area contributed by atoms with Gasteiger partial charge in [-0.25, -0.2) is 0 Å². The lowest BCUT2D eigenvalue weighted by atomic mass is 9.74. The van der Waals surface area contributed by atoms with Crippen molar-refractivity contribution in [3.05, 3.63) is 95.8 Å². The minimum atomic E-state index is -3.72. The predicted octanol–water partition coefficient (Wildman–Crippen LogP) is 3.16. The van der Waals surface area contributed by atoms with Crippen molar-refractivity contribution in [2.45, 2.75) is 30.8 Å². The van der Waals surface area contributed by atoms with E-state index in [0.29, 0.717) is 31.6 Å². The van der Waals surface area contributed by atoms with E-state index in [1.54, 1.807) is 30.6 Å². The molecule has 0 spiro atoms. The number of nitriles is 1. The molecule has 188 valence electrons. The van der Waals surface area contributed by atoms with Crippen LogP contribution in [0.4, 0.5) is 5.69 Å². The fourth-order valence-corrected chi connectivity index (χ4v) is 5.67. The van der Waals surface area contributed by atoms with Crippen molar-refractivity contribution in [1.29, 1.82) is 5.26 Å². The molecule has 2 heterocycles. The highest BCUT2D eigenvalue weighted by molar-refractivity contribution is 7.90. The smallest absolute Gasteiger partial charge is 0.301 e. The van der Waals surface area contributed by atoms with E-state index in [1.807, 2.05) is 48.5 Å². The van der Waals surface area contributed by atoms with Crippen molar-refractivity contribution in [2.75, 3.05) is 30.9 Å². The minimum Gasteiger partial charge on any atom is -0.387 e. The molecule has 4 rings (SSSR count). The molecule has 8 nitrogen and oxygen atoms in total. The molecule has 1 aromatic heterocycles. The van der Waals surface area contributed by atoms with E-state index in [1.165, 1.54) is 4.31 Å². The second kappa shape index (κ2) is 11.6. The van der Waals surface area contributed by atoms with Crippen LogP contribution in [0.25, 0.3) is 0 Å². The summed E-state index contributed by atoms with van der Waals surface area (Å²) in [5.41, 5.74) is 2.61. The third-order valence-electron chi connectivity index (χ3n) is 6.65. The summed E-state index contributed by atoms with van der Waals surface area (Å²) in [6.07, 6.45) is 4.36. The number of aliphatic hydroxyl groups is 1. The topological polar surface area (TPSA) is 118 Å². The quantitative estimate of drug-likeness (QED) is 0.364. The van der Waals surface area contributed by atoms with Gasteiger partial charge in [0.1, 0.15) is 0 Å². The number of hydrogen-bond donors (Lipinski definition) is 3. The highest BCUT2D eigenvalue weighted by Gasteiger charge is 2.39. The average Bonchev–Trinajstić information content (AvgIpc) is 2.92. The number of rotatable bonds is 10. The van der Waals surface area contributed by atoms with Crippen LogP contribution in [-0.4, -0.2) is 49.0 Å². The number of aliphatic hydroxyl groups excluding tert-OH is 1. The maximum absolute atomic E-state index is 13.0. The predicted molar refractivity (Wildman–Crippen MR) is 139 cm³/mol. The Hall–Kier alpha value is -3.29. The summed E-state index contributed by atoms with van der Waals surface area (Å²) < 4.78 is 30.0. The molecule has 2 aromatic carbocycles. The highest BCUT2D eigenvalue weighted by Crippen LogP contribution is 2.35. The van der Waals surface area contributed by atoms with Gasteiger partial charge in [0.2, 0.25) is 0 Å². The van der Waals surface area contributed by atoms with E-state index in [-0.39, 0.29) is 13.1 Å². The van der Waals surface area contributed by atoms with E-state index in [9.17, 15) is 18.8 Å². The number of anilines is 1. The van der Waals surface area contributed by atoms with Gasteiger partial charge in [-0.2, -0.15) is 18.0 Å². The Kier molecular flexibility index (Phi) is 8.33. The van der Waals surface area contributed by atoms with Crippen molar-refractivity contribution in [2.24, 2.45) is 0 Å². The van der Waals surface area contributed by atoms with Crippen molar-refractivity contribution in [3.8, 4) is 6.07 Å². The fraction of sp³-hybridized carbons (Fsp3) is 0.333. The number of nitrogens with zero attached hydrogens (tertiary/aromatic N) is 3. The zero-order valence-corrected chi connectivity index (χ0v) is 20.9. The zero-order chi connectivity index (χ0) is 25.4. The molecule has 0 unspecified atom stereocenters. The molecule has 1 aliphatic heterocycles. The van der Waals surface area contributed by atoms with Gasteiger partial charge >= 0.3 is 10.2 Å². The monoisotopic (exact) mass is 505 g/mol. The maximum atomic E-state index is 13.0. The van der Waals surface area contributed by atoms with E-state index in [0.717, 1.165) is 23.1 Å². The zero-order valence-electron chi connectivity index (χ0n) is 20.0. The van der Waals surface area contributed by atoms with Gasteiger partial charge in [-0.1, -0.05) is 48.5 Å². The first-order chi connectivity index (χ1) is 17.4. The standard InChI is InChI=1S/C27H31N5O3S/c28-21-27(24-6-2-1-3-7-24)13-17-32(18-14-27)36(34,35)31-25-10-8-22(9-11-25)12-16-30-20-26(33)23-5-4-15-29-19-23/h1-11,15,19,26,30-31,33H,12-14,16-18,20H2/t26-/m1/s1. The van der Waals surface area contributed by atoms with Crippen LogP contribution < -0.4 is 10.0 Å². The molecule has 0 radical (unpaired) electrons. The molecule has 1 aliphatic rings. The number of benzene rings is 2. The van der Waals surface area contributed by atoms with Crippen LogP contribution in [0.5, 0.6) is 0 Å². The largest absolute Gasteiger partial charge is 0.387 e. The number of nitrogens with one attached hydrogen (secondary N) is 2. The molecule has 9 heteroatoms. The first-order valence-electron chi connectivity index (χ1n) is 12.0. The maximum Gasteiger partial charge on any atom is 0.301 e. The van der Waals surface area contributed by atoms with Gasteiger partial charge in [0.05, 0.1) is 17.6 Å². The van der Waals surface area contributed by atoms with Crippen LogP contribution in [0, 0.1) is 11.3 Å². The third kappa shape index (κ3) is 6.28. The summed E-state index contributed by atoms with van der Waals surface area (Å²) in [7, 11) is -3.72. The van der Waals surface area contributed by atoms with Gasteiger partial charge in [0, 0.05) is 43.3 Å². The molecule has 1 saturated heterocycles. The lowest BCUT2D eigenvalue weighted by Crippen LogP contribution is -2.46. The van der Waals surface area contributed by atoms with Crippen LogP contribution >= 0.6 is 0 Å². The summed E-state index contributed by atoms with van der Waals surface area (Å²) in [6.45, 7) is 1.67. The Morgan fingerprint density at radius 2 is 1.78 bits per heavy atom. The molecule has 1 atom stereocenters. The summed E-state index contributed by atoms with van der Waals surface area (Å²) in [5.74, 6) is 0. The lowest BCUT2D eigenvalue weighted by molar-refractivity contribution is 0.174. The Bertz CT molecular complexity index is 1250.